The van der Waals surface area contributed by atoms with E-state index in [1.165, 1.54) is 0 Å². The molecule has 0 fully saturated rings. The number of aryl methyl sites for hydroxylation is 1. The molecule has 0 unspecified atom stereocenters. The number of aromatic nitrogens is 2. The molecule has 3 nitrogen and oxygen atoms in total. The first kappa shape index (κ1) is 7.03. The van der Waals surface area contributed by atoms with E-state index < -0.39 is 0 Å². The minimum absolute atomic E-state index is 0.655. The first-order valence-corrected chi connectivity index (χ1v) is 3.71. The molecular weight excluding hydrogens is 152 g/mol. The van der Waals surface area contributed by atoms with Crippen LogP contribution >= 0.6 is 0 Å². The Kier molecular flexibility index (Phi) is 1.43. The zero-order valence-corrected chi connectivity index (χ0v) is 6.66. The summed E-state index contributed by atoms with van der Waals surface area (Å²) in [6.45, 7) is 1.82. The maximum Gasteiger partial charge on any atom is 0.151 e. The molecule has 0 bridgehead atoms. The van der Waals surface area contributed by atoms with Gasteiger partial charge in [0, 0.05) is 17.1 Å². The third-order valence-corrected chi connectivity index (χ3v) is 1.89. The van der Waals surface area contributed by atoms with Crippen LogP contribution in [0.15, 0.2) is 18.3 Å². The Hall–Kier alpha value is -1.64. The van der Waals surface area contributed by atoms with Crippen LogP contribution in [-0.4, -0.2) is 16.3 Å². The van der Waals surface area contributed by atoms with Crippen molar-refractivity contribution >= 4 is 17.3 Å². The summed E-state index contributed by atoms with van der Waals surface area (Å²) < 4.78 is 0. The molecule has 0 aliphatic carbocycles. The Morgan fingerprint density at radius 2 is 2.42 bits per heavy atom. The van der Waals surface area contributed by atoms with Gasteiger partial charge in [-0.15, -0.1) is 0 Å². The average molecular weight is 160 g/mol. The number of nitrogens with zero attached hydrogens (tertiary/aromatic N) is 1. The van der Waals surface area contributed by atoms with Gasteiger partial charge >= 0.3 is 0 Å². The van der Waals surface area contributed by atoms with Crippen molar-refractivity contribution in [3.05, 3.63) is 29.6 Å². The lowest BCUT2D eigenvalue weighted by molar-refractivity contribution is 0.112. The first-order chi connectivity index (χ1) is 5.81. The van der Waals surface area contributed by atoms with Gasteiger partial charge in [-0.25, -0.2) is 4.98 Å². The normalized spacial score (nSPS) is 10.4. The fourth-order valence-corrected chi connectivity index (χ4v) is 1.21. The van der Waals surface area contributed by atoms with E-state index in [4.69, 9.17) is 0 Å². The Morgan fingerprint density at radius 1 is 1.58 bits per heavy atom. The van der Waals surface area contributed by atoms with E-state index in [0.717, 1.165) is 23.0 Å². The van der Waals surface area contributed by atoms with Gasteiger partial charge in [-0.1, -0.05) is 0 Å². The van der Waals surface area contributed by atoms with Crippen LogP contribution in [0.25, 0.3) is 11.0 Å². The summed E-state index contributed by atoms with van der Waals surface area (Å²) in [5.74, 6) is 0. The number of hydrogen-bond donors (Lipinski definition) is 1. The van der Waals surface area contributed by atoms with Crippen LogP contribution in [0.5, 0.6) is 0 Å². The standard InChI is InChI=1S/C9H8N2O/c1-6-8(5-12)4-7-2-3-10-9(7)11-6/h2-5H,1H3,(H,10,11). The van der Waals surface area contributed by atoms with Gasteiger partial charge in [0.15, 0.2) is 6.29 Å². The van der Waals surface area contributed by atoms with E-state index in [-0.39, 0.29) is 0 Å². The monoisotopic (exact) mass is 160 g/mol. The number of aromatic amines is 1. The molecule has 0 spiro atoms. The van der Waals surface area contributed by atoms with Gasteiger partial charge in [0.05, 0.1) is 5.69 Å². The lowest BCUT2D eigenvalue weighted by Gasteiger charge is -1.96. The van der Waals surface area contributed by atoms with Crippen LogP contribution in [0, 0.1) is 6.92 Å². The summed E-state index contributed by atoms with van der Waals surface area (Å²) in [6.07, 6.45) is 2.64. The van der Waals surface area contributed by atoms with Crippen molar-refractivity contribution in [2.75, 3.05) is 0 Å². The number of pyridine rings is 1. The fourth-order valence-electron chi connectivity index (χ4n) is 1.21. The number of hydrogen-bond acceptors (Lipinski definition) is 2. The maximum atomic E-state index is 10.5. The second-order valence-electron chi connectivity index (χ2n) is 2.70. The number of rotatable bonds is 1. The number of carbonyl (C=O) groups excluding carboxylic acids is 1. The fraction of sp³-hybridized carbons (Fsp3) is 0.111. The van der Waals surface area contributed by atoms with E-state index in [1.54, 1.807) is 0 Å². The van der Waals surface area contributed by atoms with Gasteiger partial charge in [-0.05, 0) is 19.1 Å². The maximum absolute atomic E-state index is 10.5. The quantitative estimate of drug-likeness (QED) is 0.645. The van der Waals surface area contributed by atoms with Crippen molar-refractivity contribution in [3.63, 3.8) is 0 Å². The third kappa shape index (κ3) is 0.906. The van der Waals surface area contributed by atoms with Crippen LogP contribution in [0.4, 0.5) is 0 Å². The number of H-pyrrole nitrogens is 1. The lowest BCUT2D eigenvalue weighted by atomic mass is 10.2. The summed E-state index contributed by atoms with van der Waals surface area (Å²) >= 11 is 0. The average Bonchev–Trinajstić information content (AvgIpc) is 2.49. The summed E-state index contributed by atoms with van der Waals surface area (Å²) in [4.78, 5) is 17.7. The van der Waals surface area contributed by atoms with Crippen molar-refractivity contribution in [2.45, 2.75) is 6.92 Å². The van der Waals surface area contributed by atoms with Crippen LogP contribution in [0.3, 0.4) is 0 Å². The van der Waals surface area contributed by atoms with E-state index in [0.29, 0.717) is 5.56 Å². The summed E-state index contributed by atoms with van der Waals surface area (Å²) in [5, 5.41) is 0.975. The van der Waals surface area contributed by atoms with E-state index in [9.17, 15) is 4.79 Å². The second-order valence-corrected chi connectivity index (χ2v) is 2.70. The molecule has 2 heterocycles. The van der Waals surface area contributed by atoms with Crippen molar-refractivity contribution in [1.82, 2.24) is 9.97 Å². The molecule has 2 rings (SSSR count). The van der Waals surface area contributed by atoms with Crippen molar-refractivity contribution < 1.29 is 4.79 Å². The molecule has 2 aromatic rings. The van der Waals surface area contributed by atoms with Gasteiger partial charge in [-0.2, -0.15) is 0 Å². The Balaban J connectivity index is 2.81. The largest absolute Gasteiger partial charge is 0.346 e. The van der Waals surface area contributed by atoms with Crippen molar-refractivity contribution in [2.24, 2.45) is 0 Å². The van der Waals surface area contributed by atoms with Gasteiger partial charge in [0.2, 0.25) is 0 Å². The van der Waals surface area contributed by atoms with Crippen molar-refractivity contribution in [1.29, 1.82) is 0 Å². The number of aldehydes is 1. The molecule has 0 saturated carbocycles. The van der Waals surface area contributed by atoms with E-state index in [2.05, 4.69) is 9.97 Å². The highest BCUT2D eigenvalue weighted by Gasteiger charge is 2.01. The molecule has 60 valence electrons. The molecule has 3 heteroatoms. The lowest BCUT2D eigenvalue weighted by Crippen LogP contribution is -1.90. The molecule has 0 saturated heterocycles. The third-order valence-electron chi connectivity index (χ3n) is 1.89. The van der Waals surface area contributed by atoms with E-state index in [1.807, 2.05) is 25.3 Å². The van der Waals surface area contributed by atoms with Crippen LogP contribution in [-0.2, 0) is 0 Å². The molecule has 2 aromatic heterocycles. The molecule has 0 aromatic carbocycles. The summed E-state index contributed by atoms with van der Waals surface area (Å²) in [7, 11) is 0. The molecule has 0 aliphatic heterocycles. The molecule has 12 heavy (non-hydrogen) atoms. The van der Waals surface area contributed by atoms with Crippen LogP contribution in [0.2, 0.25) is 0 Å². The number of carbonyl (C=O) groups is 1. The van der Waals surface area contributed by atoms with Gasteiger partial charge in [0.1, 0.15) is 5.65 Å². The minimum atomic E-state index is 0.655. The summed E-state index contributed by atoms with van der Waals surface area (Å²) in [5.41, 5.74) is 2.25. The zero-order valence-electron chi connectivity index (χ0n) is 6.66. The number of nitrogens with one attached hydrogen (secondary N) is 1. The van der Waals surface area contributed by atoms with Gasteiger partial charge in [-0.3, -0.25) is 4.79 Å². The molecular formula is C9H8N2O. The number of fused-ring (bicyclic) bond motifs is 1. The highest BCUT2D eigenvalue weighted by Crippen LogP contribution is 2.13. The predicted octanol–water partition coefficient (Wildman–Crippen LogP) is 1.68. The van der Waals surface area contributed by atoms with Gasteiger partial charge in [0.25, 0.3) is 0 Å². The van der Waals surface area contributed by atoms with Gasteiger partial charge < -0.3 is 4.98 Å². The molecule has 0 amide bonds. The molecule has 1 N–H and O–H groups in total. The Morgan fingerprint density at radius 3 is 3.17 bits per heavy atom. The van der Waals surface area contributed by atoms with Crippen molar-refractivity contribution in [3.8, 4) is 0 Å². The molecule has 0 radical (unpaired) electrons. The Labute approximate surface area is 69.4 Å². The summed E-state index contributed by atoms with van der Waals surface area (Å²) in [6, 6.07) is 3.73. The minimum Gasteiger partial charge on any atom is -0.346 e. The first-order valence-electron chi connectivity index (χ1n) is 3.71. The smallest absolute Gasteiger partial charge is 0.151 e. The molecule has 0 atom stereocenters. The Bertz CT molecular complexity index is 431. The van der Waals surface area contributed by atoms with Crippen LogP contribution < -0.4 is 0 Å². The van der Waals surface area contributed by atoms with Crippen LogP contribution in [0.1, 0.15) is 16.1 Å². The zero-order chi connectivity index (χ0) is 8.55. The highest BCUT2D eigenvalue weighted by atomic mass is 16.1. The molecule has 0 aliphatic rings. The second kappa shape index (κ2) is 2.44. The predicted molar refractivity (Wildman–Crippen MR) is 46.2 cm³/mol. The topological polar surface area (TPSA) is 45.8 Å². The SMILES string of the molecule is Cc1nc2[nH]ccc2cc1C=O. The highest BCUT2D eigenvalue weighted by molar-refractivity contribution is 5.85. The van der Waals surface area contributed by atoms with E-state index >= 15 is 0 Å².